The molecule has 0 radical (unpaired) electrons. The highest BCUT2D eigenvalue weighted by Crippen LogP contribution is 2.36. The van der Waals surface area contributed by atoms with Crippen LogP contribution in [0.1, 0.15) is 54.7 Å². The zero-order valence-corrected chi connectivity index (χ0v) is 20.9. The predicted molar refractivity (Wildman–Crippen MR) is 142 cm³/mol. The van der Waals surface area contributed by atoms with E-state index in [1.807, 2.05) is 0 Å². The number of ketones is 2. The van der Waals surface area contributed by atoms with Crippen LogP contribution in [-0.2, 0) is 4.79 Å². The van der Waals surface area contributed by atoms with Crippen LogP contribution in [0.4, 0.5) is 5.69 Å². The molecule has 4 aromatic rings. The highest BCUT2D eigenvalue weighted by Gasteiger charge is 2.34. The lowest BCUT2D eigenvalue weighted by molar-refractivity contribution is -0.114. The van der Waals surface area contributed by atoms with Crippen LogP contribution in [0, 0.1) is 6.92 Å². The monoisotopic (exact) mass is 525 g/mol. The SMILES string of the molecule is CC(=O)Nc1ccc(OC(=O)c2ccccc2O)cc1.Cc1cc(O)c2c(c1)C(=O)c1cccc(O)c1C2=O. The fourth-order valence-corrected chi connectivity index (χ4v) is 4.04. The van der Waals surface area contributed by atoms with Crippen LogP contribution in [0.25, 0.3) is 0 Å². The summed E-state index contributed by atoms with van der Waals surface area (Å²) in [7, 11) is 0. The molecule has 0 bridgehead atoms. The number of hydrogen-bond acceptors (Lipinski definition) is 8. The number of nitrogens with one attached hydrogen (secondary N) is 1. The van der Waals surface area contributed by atoms with E-state index < -0.39 is 11.8 Å². The predicted octanol–water partition coefficient (Wildman–Crippen LogP) is 4.75. The van der Waals surface area contributed by atoms with Gasteiger partial charge < -0.3 is 25.4 Å². The number of aromatic hydroxyl groups is 3. The standard InChI is InChI=1S/C15H13NO4.C15H10O4/c1-10(17)16-11-6-8-12(9-7-11)20-15(19)13-4-2-3-5-14(13)18;1-7-5-9-13(11(17)6-7)15(19)12-8(14(9)18)3-2-4-10(12)16/h2-9,18H,1H3,(H,16,17);2-6,16-17H,1H3. The number of fused-ring (bicyclic) bond motifs is 2. The second-order valence-corrected chi connectivity index (χ2v) is 8.68. The Balaban J connectivity index is 0.000000181. The first-order valence-electron chi connectivity index (χ1n) is 11.7. The number of aryl methyl sites for hydroxylation is 1. The van der Waals surface area contributed by atoms with Gasteiger partial charge in [0.05, 0.1) is 11.1 Å². The van der Waals surface area contributed by atoms with Crippen LogP contribution in [0.15, 0.2) is 78.9 Å². The highest BCUT2D eigenvalue weighted by molar-refractivity contribution is 6.30. The molecule has 4 N–H and O–H groups in total. The molecule has 9 nitrogen and oxygen atoms in total. The third-order valence-corrected chi connectivity index (χ3v) is 5.76. The first kappa shape index (κ1) is 26.6. The Morgan fingerprint density at radius 2 is 1.36 bits per heavy atom. The van der Waals surface area contributed by atoms with Crippen LogP contribution in [0.5, 0.6) is 23.0 Å². The lowest BCUT2D eigenvalue weighted by Gasteiger charge is -2.19. The number of hydrogen-bond donors (Lipinski definition) is 4. The molecule has 1 aliphatic rings. The minimum atomic E-state index is -0.643. The van der Waals surface area contributed by atoms with E-state index in [1.54, 1.807) is 49.4 Å². The van der Waals surface area contributed by atoms with Crippen molar-refractivity contribution in [1.29, 1.82) is 0 Å². The lowest BCUT2D eigenvalue weighted by atomic mass is 9.82. The molecule has 0 heterocycles. The van der Waals surface area contributed by atoms with Crippen molar-refractivity contribution in [2.75, 3.05) is 5.32 Å². The summed E-state index contributed by atoms with van der Waals surface area (Å²) in [5.74, 6) is -2.00. The topological polar surface area (TPSA) is 150 Å². The smallest absolute Gasteiger partial charge is 0.347 e. The summed E-state index contributed by atoms with van der Waals surface area (Å²) >= 11 is 0. The number of esters is 1. The summed E-state index contributed by atoms with van der Waals surface area (Å²) in [6.45, 7) is 3.14. The van der Waals surface area contributed by atoms with E-state index in [0.29, 0.717) is 17.0 Å². The maximum Gasteiger partial charge on any atom is 0.347 e. The molecule has 5 rings (SSSR count). The lowest BCUT2D eigenvalue weighted by Crippen LogP contribution is -2.21. The fourth-order valence-electron chi connectivity index (χ4n) is 4.04. The van der Waals surface area contributed by atoms with Gasteiger partial charge in [-0.25, -0.2) is 4.79 Å². The molecule has 1 aliphatic carbocycles. The van der Waals surface area contributed by atoms with Crippen molar-refractivity contribution in [2.45, 2.75) is 13.8 Å². The van der Waals surface area contributed by atoms with Crippen LogP contribution in [0.2, 0.25) is 0 Å². The summed E-state index contributed by atoms with van der Waals surface area (Å²) in [6.07, 6.45) is 0. The summed E-state index contributed by atoms with van der Waals surface area (Å²) in [4.78, 5) is 47.4. The quantitative estimate of drug-likeness (QED) is 0.195. The molecule has 0 aromatic heterocycles. The maximum atomic E-state index is 12.3. The second-order valence-electron chi connectivity index (χ2n) is 8.68. The van der Waals surface area contributed by atoms with E-state index in [2.05, 4.69) is 5.32 Å². The zero-order chi connectivity index (χ0) is 28.3. The largest absolute Gasteiger partial charge is 0.507 e. The summed E-state index contributed by atoms with van der Waals surface area (Å²) in [5, 5.41) is 31.8. The van der Waals surface area contributed by atoms with E-state index in [-0.39, 0.29) is 56.8 Å². The van der Waals surface area contributed by atoms with Gasteiger partial charge in [-0.3, -0.25) is 14.4 Å². The van der Waals surface area contributed by atoms with Gasteiger partial charge in [-0.1, -0.05) is 24.3 Å². The molecule has 0 unspecified atom stereocenters. The number of phenolic OH excluding ortho intramolecular Hbond substituents is 3. The van der Waals surface area contributed by atoms with Crippen LogP contribution in [0.3, 0.4) is 0 Å². The number of rotatable bonds is 3. The van der Waals surface area contributed by atoms with Crippen molar-refractivity contribution >= 4 is 29.1 Å². The molecule has 9 heteroatoms. The highest BCUT2D eigenvalue weighted by atomic mass is 16.5. The van der Waals surface area contributed by atoms with E-state index in [4.69, 9.17) is 4.74 Å². The Kier molecular flexibility index (Phi) is 7.44. The number of phenols is 3. The van der Waals surface area contributed by atoms with Gasteiger partial charge in [0.1, 0.15) is 28.6 Å². The Morgan fingerprint density at radius 1 is 0.718 bits per heavy atom. The zero-order valence-electron chi connectivity index (χ0n) is 20.9. The van der Waals surface area contributed by atoms with Crippen molar-refractivity contribution in [3.8, 4) is 23.0 Å². The Hall–Kier alpha value is -5.44. The van der Waals surface area contributed by atoms with Gasteiger partial charge >= 0.3 is 5.97 Å². The van der Waals surface area contributed by atoms with Crippen molar-refractivity contribution in [2.24, 2.45) is 0 Å². The van der Waals surface area contributed by atoms with Gasteiger partial charge in [-0.2, -0.15) is 0 Å². The van der Waals surface area contributed by atoms with Gasteiger partial charge in [0.25, 0.3) is 0 Å². The molecular formula is C30H23NO8. The van der Waals surface area contributed by atoms with Crippen molar-refractivity contribution in [1.82, 2.24) is 0 Å². The molecule has 0 saturated heterocycles. The third kappa shape index (κ3) is 5.62. The Morgan fingerprint density at radius 3 is 2.03 bits per heavy atom. The fraction of sp³-hybridized carbons (Fsp3) is 0.0667. The number of ether oxygens (including phenoxy) is 1. The van der Waals surface area contributed by atoms with Crippen molar-refractivity contribution in [3.05, 3.63) is 112 Å². The van der Waals surface area contributed by atoms with E-state index in [1.165, 1.54) is 43.3 Å². The van der Waals surface area contributed by atoms with E-state index >= 15 is 0 Å². The van der Waals surface area contributed by atoms with Gasteiger partial charge in [0, 0.05) is 23.7 Å². The van der Waals surface area contributed by atoms with Gasteiger partial charge in [-0.05, 0) is 67.1 Å². The van der Waals surface area contributed by atoms with Gasteiger partial charge in [0.2, 0.25) is 11.7 Å². The van der Waals surface area contributed by atoms with Crippen LogP contribution >= 0.6 is 0 Å². The summed E-state index contributed by atoms with van der Waals surface area (Å²) < 4.78 is 5.13. The third-order valence-electron chi connectivity index (χ3n) is 5.76. The van der Waals surface area contributed by atoms with Crippen LogP contribution in [-0.4, -0.2) is 38.8 Å². The Labute approximate surface area is 222 Å². The molecule has 0 saturated carbocycles. The molecule has 0 spiro atoms. The number of benzene rings is 4. The number of carbonyl (C=O) groups excluding carboxylic acids is 4. The Bertz CT molecular complexity index is 1620. The molecule has 0 aliphatic heterocycles. The number of anilines is 1. The molecule has 1 amide bonds. The van der Waals surface area contributed by atoms with Gasteiger partial charge in [0.15, 0.2) is 5.78 Å². The molecular weight excluding hydrogens is 502 g/mol. The minimum Gasteiger partial charge on any atom is -0.507 e. The maximum absolute atomic E-state index is 12.3. The summed E-state index contributed by atoms with van der Waals surface area (Å²) in [5.41, 5.74) is 1.67. The number of carbonyl (C=O) groups is 4. The molecule has 0 fully saturated rings. The molecule has 0 atom stereocenters. The van der Waals surface area contributed by atoms with E-state index in [9.17, 15) is 34.5 Å². The van der Waals surface area contributed by atoms with Crippen molar-refractivity contribution < 1.29 is 39.2 Å². The number of para-hydroxylation sites is 1. The second kappa shape index (κ2) is 10.9. The molecule has 39 heavy (non-hydrogen) atoms. The number of amides is 1. The average Bonchev–Trinajstić information content (AvgIpc) is 2.88. The normalized spacial score (nSPS) is 11.4. The first-order valence-corrected chi connectivity index (χ1v) is 11.7. The summed E-state index contributed by atoms with van der Waals surface area (Å²) in [6, 6.07) is 19.9. The molecule has 4 aromatic carbocycles. The van der Waals surface area contributed by atoms with Gasteiger partial charge in [-0.15, -0.1) is 0 Å². The van der Waals surface area contributed by atoms with Crippen molar-refractivity contribution in [3.63, 3.8) is 0 Å². The molecule has 196 valence electrons. The van der Waals surface area contributed by atoms with Crippen LogP contribution < -0.4 is 10.1 Å². The minimum absolute atomic E-state index is 0.0374. The van der Waals surface area contributed by atoms with E-state index in [0.717, 1.165) is 0 Å². The average molecular weight is 526 g/mol. The first-order chi connectivity index (χ1) is 18.6.